The Morgan fingerprint density at radius 1 is 1.38 bits per heavy atom. The zero-order chi connectivity index (χ0) is 9.47. The molecule has 1 aliphatic heterocycles. The zero-order valence-corrected chi connectivity index (χ0v) is 7.32. The van der Waals surface area contributed by atoms with Crippen LogP contribution in [-0.4, -0.2) is 14.1 Å². The molecule has 68 valence electrons. The Morgan fingerprint density at radius 2 is 2.15 bits per heavy atom. The van der Waals surface area contributed by atoms with E-state index < -0.39 is 10.0 Å². The summed E-state index contributed by atoms with van der Waals surface area (Å²) in [5.74, 6) is 0. The molecule has 1 heterocycles. The van der Waals surface area contributed by atoms with Crippen LogP contribution in [0.15, 0.2) is 38.2 Å². The van der Waals surface area contributed by atoms with Gasteiger partial charge in [0.2, 0.25) is 10.0 Å². The summed E-state index contributed by atoms with van der Waals surface area (Å²) in [5, 5.41) is 15.7. The summed E-state index contributed by atoms with van der Waals surface area (Å²) in [7, 11) is -3.61. The number of hydrogen-bond acceptors (Lipinski definition) is 5. The standard InChI is InChI=1S/C6H6N4O2S/c7-13(11,12)4-1-2-5-6(3-4)9-10-8-5/h1-2H,3H2,(H2,7,11,12). The topological polar surface area (TPSA) is 97.2 Å². The Kier molecular flexibility index (Phi) is 1.64. The molecule has 7 heteroatoms. The van der Waals surface area contributed by atoms with Gasteiger partial charge in [0, 0.05) is 6.42 Å². The van der Waals surface area contributed by atoms with E-state index in [1.807, 2.05) is 0 Å². The van der Waals surface area contributed by atoms with Crippen LogP contribution in [-0.2, 0) is 10.0 Å². The summed E-state index contributed by atoms with van der Waals surface area (Å²) in [5.41, 5.74) is 1.15. The molecule has 0 spiro atoms. The van der Waals surface area contributed by atoms with E-state index in [1.165, 1.54) is 6.08 Å². The smallest absolute Gasteiger partial charge is 0.225 e. The molecule has 0 unspecified atom stereocenters. The van der Waals surface area contributed by atoms with Crippen molar-refractivity contribution in [1.82, 2.24) is 0 Å². The monoisotopic (exact) mass is 198 g/mol. The molecule has 0 saturated carbocycles. The fourth-order valence-corrected chi connectivity index (χ4v) is 1.68. The van der Waals surface area contributed by atoms with Crippen molar-refractivity contribution < 1.29 is 8.42 Å². The second kappa shape index (κ2) is 2.57. The van der Waals surface area contributed by atoms with Crippen molar-refractivity contribution in [2.75, 3.05) is 0 Å². The van der Waals surface area contributed by atoms with Crippen molar-refractivity contribution in [3.05, 3.63) is 22.8 Å². The number of sulfonamides is 1. The summed E-state index contributed by atoms with van der Waals surface area (Å²) in [6.07, 6.45) is 3.14. The molecular formula is C6H6N4O2S. The first-order valence-electron chi connectivity index (χ1n) is 3.49. The number of allylic oxidation sites excluding steroid dienone is 4. The lowest BCUT2D eigenvalue weighted by Crippen LogP contribution is -2.18. The van der Waals surface area contributed by atoms with E-state index in [4.69, 9.17) is 5.14 Å². The van der Waals surface area contributed by atoms with Crippen LogP contribution in [0.2, 0.25) is 0 Å². The van der Waals surface area contributed by atoms with E-state index in [0.29, 0.717) is 11.4 Å². The average molecular weight is 198 g/mol. The normalized spacial score (nSPS) is 20.5. The molecule has 6 nitrogen and oxygen atoms in total. The van der Waals surface area contributed by atoms with Crippen LogP contribution >= 0.6 is 0 Å². The van der Waals surface area contributed by atoms with E-state index in [1.54, 1.807) is 6.08 Å². The van der Waals surface area contributed by atoms with Gasteiger partial charge in [0.05, 0.1) is 10.6 Å². The van der Waals surface area contributed by atoms with Gasteiger partial charge in [0.25, 0.3) is 0 Å². The predicted molar refractivity (Wildman–Crippen MR) is 46.2 cm³/mol. The first-order valence-corrected chi connectivity index (χ1v) is 5.03. The number of nitrogens with two attached hydrogens (primary N) is 1. The van der Waals surface area contributed by atoms with Crippen molar-refractivity contribution in [3.63, 3.8) is 0 Å². The highest BCUT2D eigenvalue weighted by atomic mass is 32.2. The Labute approximate surface area is 74.6 Å². The summed E-state index contributed by atoms with van der Waals surface area (Å²) in [6, 6.07) is 0. The number of nitrogens with zero attached hydrogens (tertiary/aromatic N) is 3. The average Bonchev–Trinajstić information content (AvgIpc) is 2.47. The molecule has 0 fully saturated rings. The van der Waals surface area contributed by atoms with Crippen molar-refractivity contribution >= 4 is 15.7 Å². The highest BCUT2D eigenvalue weighted by Gasteiger charge is 2.22. The van der Waals surface area contributed by atoms with E-state index >= 15 is 0 Å². The van der Waals surface area contributed by atoms with Gasteiger partial charge in [0.15, 0.2) is 0 Å². The minimum atomic E-state index is -3.61. The molecule has 0 atom stereocenters. The van der Waals surface area contributed by atoms with Gasteiger partial charge in [-0.25, -0.2) is 13.6 Å². The van der Waals surface area contributed by atoms with Crippen molar-refractivity contribution in [1.29, 1.82) is 0 Å². The van der Waals surface area contributed by atoms with Crippen LogP contribution in [0.1, 0.15) is 6.42 Å². The number of rotatable bonds is 1. The molecule has 1 aliphatic carbocycles. The number of hydrogen-bond donors (Lipinski definition) is 1. The lowest BCUT2D eigenvalue weighted by molar-refractivity contribution is 0.603. The predicted octanol–water partition coefficient (Wildman–Crippen LogP) is 0.268. The third-order valence-corrected chi connectivity index (χ3v) is 2.76. The Morgan fingerprint density at radius 3 is 2.85 bits per heavy atom. The Bertz CT molecular complexity index is 469. The van der Waals surface area contributed by atoms with E-state index in [-0.39, 0.29) is 11.3 Å². The second-order valence-corrected chi connectivity index (χ2v) is 4.26. The summed E-state index contributed by atoms with van der Waals surface area (Å²) in [4.78, 5) is 0.141. The Balaban J connectivity index is 2.42. The SMILES string of the molecule is NS(=O)(=O)C1=CC=C2N=NN=C2C1. The molecule has 0 aromatic carbocycles. The van der Waals surface area contributed by atoms with Gasteiger partial charge in [-0.1, -0.05) is 0 Å². The van der Waals surface area contributed by atoms with E-state index in [9.17, 15) is 8.42 Å². The van der Waals surface area contributed by atoms with Crippen molar-refractivity contribution in [3.8, 4) is 0 Å². The van der Waals surface area contributed by atoms with Gasteiger partial charge in [-0.15, -0.1) is 10.2 Å². The second-order valence-electron chi connectivity index (χ2n) is 2.64. The van der Waals surface area contributed by atoms with Gasteiger partial charge in [-0.3, -0.25) is 0 Å². The van der Waals surface area contributed by atoms with Crippen LogP contribution < -0.4 is 5.14 Å². The Hall–Kier alpha value is -1.34. The maximum Gasteiger partial charge on any atom is 0.234 e. The fourth-order valence-electron chi connectivity index (χ4n) is 1.08. The van der Waals surface area contributed by atoms with Gasteiger partial charge >= 0.3 is 0 Å². The molecule has 0 aromatic rings. The fraction of sp³-hybridized carbons (Fsp3) is 0.167. The molecule has 0 saturated heterocycles. The number of primary sulfonamides is 1. The van der Waals surface area contributed by atoms with Crippen LogP contribution in [0.5, 0.6) is 0 Å². The molecule has 2 rings (SSSR count). The van der Waals surface area contributed by atoms with E-state index in [2.05, 4.69) is 15.4 Å². The highest BCUT2D eigenvalue weighted by Crippen LogP contribution is 2.23. The highest BCUT2D eigenvalue weighted by molar-refractivity contribution is 7.93. The maximum absolute atomic E-state index is 10.9. The summed E-state index contributed by atoms with van der Waals surface area (Å²) < 4.78 is 21.9. The molecule has 2 aliphatic rings. The zero-order valence-electron chi connectivity index (χ0n) is 6.51. The van der Waals surface area contributed by atoms with E-state index in [0.717, 1.165) is 0 Å². The molecule has 2 N–H and O–H groups in total. The molecule has 0 radical (unpaired) electrons. The first kappa shape index (κ1) is 8.27. The van der Waals surface area contributed by atoms with Gasteiger partial charge in [-0.2, -0.15) is 0 Å². The third kappa shape index (κ3) is 1.43. The summed E-state index contributed by atoms with van der Waals surface area (Å²) in [6.45, 7) is 0. The lowest BCUT2D eigenvalue weighted by Gasteiger charge is -2.07. The first-order chi connectivity index (χ1) is 6.07. The van der Waals surface area contributed by atoms with Gasteiger partial charge in [-0.05, 0) is 17.4 Å². The van der Waals surface area contributed by atoms with Crippen LogP contribution in [0.25, 0.3) is 0 Å². The minimum absolute atomic E-state index is 0.141. The van der Waals surface area contributed by atoms with Crippen LogP contribution in [0.4, 0.5) is 0 Å². The molecule has 0 aromatic heterocycles. The van der Waals surface area contributed by atoms with Crippen molar-refractivity contribution in [2.45, 2.75) is 6.42 Å². The van der Waals surface area contributed by atoms with Gasteiger partial charge < -0.3 is 0 Å². The van der Waals surface area contributed by atoms with Gasteiger partial charge in [0.1, 0.15) is 5.70 Å². The largest absolute Gasteiger partial charge is 0.234 e. The minimum Gasteiger partial charge on any atom is -0.225 e. The van der Waals surface area contributed by atoms with Crippen molar-refractivity contribution in [2.24, 2.45) is 20.6 Å². The summed E-state index contributed by atoms with van der Waals surface area (Å²) >= 11 is 0. The molecular weight excluding hydrogens is 192 g/mol. The quantitative estimate of drug-likeness (QED) is 0.654. The number of fused-ring (bicyclic) bond motifs is 1. The van der Waals surface area contributed by atoms with Crippen LogP contribution in [0, 0.1) is 0 Å². The van der Waals surface area contributed by atoms with Crippen LogP contribution in [0.3, 0.4) is 0 Å². The molecule has 0 bridgehead atoms. The molecule has 13 heavy (non-hydrogen) atoms. The third-order valence-electron chi connectivity index (χ3n) is 1.75. The lowest BCUT2D eigenvalue weighted by atomic mass is 10.1. The maximum atomic E-state index is 10.9. The molecule has 0 amide bonds.